The zero-order chi connectivity index (χ0) is 23.4. The number of amides is 2. The van der Waals surface area contributed by atoms with Crippen LogP contribution >= 0.6 is 0 Å². The summed E-state index contributed by atoms with van der Waals surface area (Å²) in [5, 5.41) is 6.20. The fraction of sp³-hybridized carbons (Fsp3) is 0.833. The Kier molecular flexibility index (Phi) is 8.43. The van der Waals surface area contributed by atoms with E-state index in [1.54, 1.807) is 0 Å². The zero-order valence-electron chi connectivity index (χ0n) is 20.2. The second-order valence-electron chi connectivity index (χ2n) is 12.0. The molecule has 0 saturated heterocycles. The molecule has 2 atom stereocenters. The van der Waals surface area contributed by atoms with E-state index in [9.17, 15) is 19.2 Å². The lowest BCUT2D eigenvalue weighted by molar-refractivity contribution is -0.142. The molecule has 172 valence electrons. The van der Waals surface area contributed by atoms with Gasteiger partial charge in [0.25, 0.3) is 0 Å². The van der Waals surface area contributed by atoms with Crippen LogP contribution in [0.15, 0.2) is 0 Å². The van der Waals surface area contributed by atoms with Crippen LogP contribution in [0, 0.1) is 22.7 Å². The predicted molar refractivity (Wildman–Crippen MR) is 119 cm³/mol. The highest BCUT2D eigenvalue weighted by molar-refractivity contribution is 5.89. The Labute approximate surface area is 182 Å². The first-order valence-corrected chi connectivity index (χ1v) is 11.0. The SMILES string of the molecule is CC(C)(CC=O)CC(C)(C)NC(=O)C1CCC1C(=O)NC(C)(C)CC(C)(C)CC=O. The molecule has 30 heavy (non-hydrogen) atoms. The van der Waals surface area contributed by atoms with Crippen LogP contribution in [0.4, 0.5) is 0 Å². The summed E-state index contributed by atoms with van der Waals surface area (Å²) in [6.45, 7) is 15.9. The Balaban J connectivity index is 2.70. The summed E-state index contributed by atoms with van der Waals surface area (Å²) in [5.41, 5.74) is -1.32. The molecule has 1 saturated carbocycles. The topological polar surface area (TPSA) is 92.3 Å². The number of carbonyl (C=O) groups excluding carboxylic acids is 4. The summed E-state index contributed by atoms with van der Waals surface area (Å²) in [5.74, 6) is -0.825. The molecular weight excluding hydrogens is 380 g/mol. The molecule has 6 heteroatoms. The van der Waals surface area contributed by atoms with Crippen LogP contribution in [0.25, 0.3) is 0 Å². The number of nitrogens with one attached hydrogen (secondary N) is 2. The molecule has 0 aromatic heterocycles. The Morgan fingerprint density at radius 3 is 1.23 bits per heavy atom. The van der Waals surface area contributed by atoms with E-state index in [1.165, 1.54) is 0 Å². The molecular formula is C24H42N2O4. The number of aldehydes is 2. The fourth-order valence-corrected chi connectivity index (χ4v) is 5.06. The Morgan fingerprint density at radius 1 is 0.700 bits per heavy atom. The Morgan fingerprint density at radius 2 is 1.00 bits per heavy atom. The van der Waals surface area contributed by atoms with E-state index in [0.29, 0.717) is 38.5 Å². The molecule has 1 fully saturated rings. The van der Waals surface area contributed by atoms with E-state index >= 15 is 0 Å². The maximum Gasteiger partial charge on any atom is 0.224 e. The minimum atomic E-state index is -0.460. The number of hydrogen-bond donors (Lipinski definition) is 2. The van der Waals surface area contributed by atoms with E-state index in [2.05, 4.69) is 10.6 Å². The molecule has 1 aliphatic carbocycles. The van der Waals surface area contributed by atoms with E-state index < -0.39 is 11.1 Å². The monoisotopic (exact) mass is 422 g/mol. The van der Waals surface area contributed by atoms with Crippen molar-refractivity contribution < 1.29 is 19.2 Å². The van der Waals surface area contributed by atoms with Gasteiger partial charge in [-0.05, 0) is 64.2 Å². The van der Waals surface area contributed by atoms with Crippen molar-refractivity contribution in [2.75, 3.05) is 0 Å². The van der Waals surface area contributed by atoms with Crippen LogP contribution in [0.3, 0.4) is 0 Å². The number of hydrogen-bond acceptors (Lipinski definition) is 4. The van der Waals surface area contributed by atoms with Crippen LogP contribution in [0.2, 0.25) is 0 Å². The highest BCUT2D eigenvalue weighted by Gasteiger charge is 2.44. The van der Waals surface area contributed by atoms with E-state index in [0.717, 1.165) is 12.6 Å². The highest BCUT2D eigenvalue weighted by Crippen LogP contribution is 2.38. The van der Waals surface area contributed by atoms with Gasteiger partial charge in [-0.2, -0.15) is 0 Å². The van der Waals surface area contributed by atoms with Crippen molar-refractivity contribution in [3.8, 4) is 0 Å². The third kappa shape index (κ3) is 8.19. The lowest BCUT2D eigenvalue weighted by atomic mass is 9.71. The standard InChI is InChI=1S/C24H42N2O4/c1-21(2,11-13-27)15-23(5,6)25-19(29)17-9-10-18(17)20(30)26-24(7,8)16-22(3,4)12-14-28/h13-14,17-18H,9-12,15-16H2,1-8H3,(H,25,29)(H,26,30). The van der Waals surface area contributed by atoms with Gasteiger partial charge in [0, 0.05) is 35.8 Å². The molecule has 0 radical (unpaired) electrons. The number of carbonyl (C=O) groups is 4. The molecule has 0 aromatic carbocycles. The summed E-state index contributed by atoms with van der Waals surface area (Å²) >= 11 is 0. The second-order valence-corrected chi connectivity index (χ2v) is 12.0. The third-order valence-corrected chi connectivity index (χ3v) is 5.98. The molecule has 2 unspecified atom stereocenters. The molecule has 0 aromatic rings. The lowest BCUT2D eigenvalue weighted by Crippen LogP contribution is -2.56. The average molecular weight is 423 g/mol. The van der Waals surface area contributed by atoms with Crippen molar-refractivity contribution >= 4 is 24.4 Å². The van der Waals surface area contributed by atoms with Gasteiger partial charge >= 0.3 is 0 Å². The van der Waals surface area contributed by atoms with E-state index in [-0.39, 0.29) is 34.5 Å². The van der Waals surface area contributed by atoms with Crippen LogP contribution in [0.5, 0.6) is 0 Å². The lowest BCUT2D eigenvalue weighted by Gasteiger charge is -2.41. The molecule has 2 N–H and O–H groups in total. The first kappa shape index (κ1) is 26.3. The first-order chi connectivity index (χ1) is 13.5. The van der Waals surface area contributed by atoms with E-state index in [1.807, 2.05) is 55.4 Å². The molecule has 0 heterocycles. The van der Waals surface area contributed by atoms with Gasteiger partial charge in [0.2, 0.25) is 11.8 Å². The predicted octanol–water partition coefficient (Wildman–Crippen LogP) is 3.81. The summed E-state index contributed by atoms with van der Waals surface area (Å²) in [6, 6.07) is 0. The van der Waals surface area contributed by atoms with Gasteiger partial charge in [0.05, 0.1) is 0 Å². The zero-order valence-corrected chi connectivity index (χ0v) is 20.2. The highest BCUT2D eigenvalue weighted by atomic mass is 16.2. The first-order valence-electron chi connectivity index (χ1n) is 11.0. The molecule has 2 amide bonds. The van der Waals surface area contributed by atoms with Gasteiger partial charge in [-0.15, -0.1) is 0 Å². The van der Waals surface area contributed by atoms with Crippen LogP contribution < -0.4 is 10.6 Å². The third-order valence-electron chi connectivity index (χ3n) is 5.98. The molecule has 1 aliphatic rings. The van der Waals surface area contributed by atoms with Crippen molar-refractivity contribution in [2.24, 2.45) is 22.7 Å². The van der Waals surface area contributed by atoms with Gasteiger partial charge in [0.1, 0.15) is 12.6 Å². The van der Waals surface area contributed by atoms with Crippen molar-refractivity contribution in [3.63, 3.8) is 0 Å². The van der Waals surface area contributed by atoms with Crippen LogP contribution in [0.1, 0.15) is 93.9 Å². The summed E-state index contributed by atoms with van der Waals surface area (Å²) in [6.07, 6.45) is 5.47. The van der Waals surface area contributed by atoms with Gasteiger partial charge in [-0.25, -0.2) is 0 Å². The van der Waals surface area contributed by atoms with Crippen molar-refractivity contribution in [3.05, 3.63) is 0 Å². The van der Waals surface area contributed by atoms with Gasteiger partial charge in [0.15, 0.2) is 0 Å². The van der Waals surface area contributed by atoms with Gasteiger partial charge < -0.3 is 20.2 Å². The largest absolute Gasteiger partial charge is 0.351 e. The smallest absolute Gasteiger partial charge is 0.224 e. The van der Waals surface area contributed by atoms with Gasteiger partial charge in [-0.1, -0.05) is 27.7 Å². The second kappa shape index (κ2) is 9.61. The molecule has 0 spiro atoms. The quantitative estimate of drug-likeness (QED) is 0.468. The summed E-state index contributed by atoms with van der Waals surface area (Å²) < 4.78 is 0. The maximum atomic E-state index is 12.9. The maximum absolute atomic E-state index is 12.9. The molecule has 0 aliphatic heterocycles. The number of rotatable bonds is 12. The molecule has 0 bridgehead atoms. The minimum Gasteiger partial charge on any atom is -0.351 e. The Hall–Kier alpha value is -1.72. The Bertz CT molecular complexity index is 594. The van der Waals surface area contributed by atoms with Gasteiger partial charge in [-0.3, -0.25) is 9.59 Å². The minimum absolute atomic E-state index is 0.0904. The van der Waals surface area contributed by atoms with Crippen LogP contribution in [-0.4, -0.2) is 35.5 Å². The normalized spacial score (nSPS) is 20.1. The van der Waals surface area contributed by atoms with Crippen molar-refractivity contribution in [1.82, 2.24) is 10.6 Å². The van der Waals surface area contributed by atoms with Crippen molar-refractivity contribution in [2.45, 2.75) is 105 Å². The fourth-order valence-electron chi connectivity index (χ4n) is 5.06. The average Bonchev–Trinajstić information content (AvgIpc) is 2.40. The summed E-state index contributed by atoms with van der Waals surface area (Å²) in [7, 11) is 0. The van der Waals surface area contributed by atoms with Crippen molar-refractivity contribution in [1.29, 1.82) is 0 Å². The molecule has 6 nitrogen and oxygen atoms in total. The molecule has 1 rings (SSSR count). The summed E-state index contributed by atoms with van der Waals surface area (Å²) in [4.78, 5) is 47.6. The van der Waals surface area contributed by atoms with Crippen LogP contribution in [-0.2, 0) is 19.2 Å². The van der Waals surface area contributed by atoms with E-state index in [4.69, 9.17) is 0 Å².